The maximum Gasteiger partial charge on any atom is 2.00 e. The third-order valence-corrected chi connectivity index (χ3v) is 3.71. The summed E-state index contributed by atoms with van der Waals surface area (Å²) in [5.41, 5.74) is 0. The molecule has 0 rings (SSSR count). The van der Waals surface area contributed by atoms with Crippen LogP contribution in [0.4, 0.5) is 0 Å². The molecule has 0 heterocycles. The Bertz CT molecular complexity index is 102. The summed E-state index contributed by atoms with van der Waals surface area (Å²) >= 11 is 0. The molecule has 21 heavy (non-hydrogen) atoms. The van der Waals surface area contributed by atoms with Gasteiger partial charge in [0.05, 0.1) is 0 Å². The zero-order chi connectivity index (χ0) is 15.3. The van der Waals surface area contributed by atoms with Crippen molar-refractivity contribution in [3.8, 4) is 0 Å². The normalized spacial score (nSPS) is 9.71. The van der Waals surface area contributed by atoms with Crippen molar-refractivity contribution in [2.75, 3.05) is 0 Å². The fourth-order valence-corrected chi connectivity index (χ4v) is 2.27. The van der Waals surface area contributed by atoms with Crippen molar-refractivity contribution in [2.24, 2.45) is 0 Å². The van der Waals surface area contributed by atoms with Crippen LogP contribution >= 0.6 is 0 Å². The van der Waals surface area contributed by atoms with Gasteiger partial charge in [-0.05, 0) is 0 Å². The van der Waals surface area contributed by atoms with Crippen molar-refractivity contribution in [1.29, 1.82) is 0 Å². The van der Waals surface area contributed by atoms with E-state index >= 15 is 0 Å². The van der Waals surface area contributed by atoms with E-state index in [0.717, 1.165) is 12.8 Å². The molecule has 0 radical (unpaired) electrons. The Kier molecular flexibility index (Phi) is 37.8. The van der Waals surface area contributed by atoms with Crippen LogP contribution in [0.25, 0.3) is 0 Å². The van der Waals surface area contributed by atoms with Crippen LogP contribution in [-0.2, 0) is 0 Å². The summed E-state index contributed by atoms with van der Waals surface area (Å²) < 4.78 is 0. The quantitative estimate of drug-likeness (QED) is 0.176. The molecule has 0 saturated heterocycles. The van der Waals surface area contributed by atoms with E-state index in [2.05, 4.69) is 27.7 Å². The van der Waals surface area contributed by atoms with E-state index in [1.807, 2.05) is 0 Å². The number of rotatable bonds is 14. The van der Waals surface area contributed by atoms with Gasteiger partial charge < -0.3 is 13.8 Å². The molecule has 0 aliphatic carbocycles. The van der Waals surface area contributed by atoms with E-state index < -0.39 is 0 Å². The Labute approximate surface area is 167 Å². The van der Waals surface area contributed by atoms with Gasteiger partial charge in [-0.25, -0.2) is 0 Å². The minimum Gasteiger partial charge on any atom is -0.343 e. The molecule has 0 aliphatic heterocycles. The van der Waals surface area contributed by atoms with Gasteiger partial charge >= 0.3 is 37.7 Å². The van der Waals surface area contributed by atoms with Crippen LogP contribution < -0.4 is 0 Å². The minimum absolute atomic E-state index is 0. The summed E-state index contributed by atoms with van der Waals surface area (Å²) in [6.07, 6.45) is 21.8. The number of unbranched alkanes of at least 4 members (excludes halogenated alkanes) is 14. The molecule has 0 amide bonds. The molecule has 1 heteroatoms. The summed E-state index contributed by atoms with van der Waals surface area (Å²) in [4.78, 5) is 0. The molecule has 0 atom stereocenters. The van der Waals surface area contributed by atoms with Gasteiger partial charge in [0.1, 0.15) is 0 Å². The molecule has 0 aromatic carbocycles. The molecule has 0 aromatic heterocycles. The van der Waals surface area contributed by atoms with Crippen molar-refractivity contribution in [3.05, 3.63) is 13.8 Å². The fourth-order valence-electron chi connectivity index (χ4n) is 2.27. The third-order valence-electron chi connectivity index (χ3n) is 3.71. The molecule has 0 unspecified atom stereocenters. The van der Waals surface area contributed by atoms with Gasteiger partial charge in [-0.1, -0.05) is 104 Å². The molecule has 0 fully saturated rings. The largest absolute Gasteiger partial charge is 2.00 e. The van der Waals surface area contributed by atoms with Gasteiger partial charge in [0, 0.05) is 0 Å². The van der Waals surface area contributed by atoms with Crippen LogP contribution in [0.2, 0.25) is 0 Å². The third kappa shape index (κ3) is 33.9. The van der Waals surface area contributed by atoms with E-state index in [9.17, 15) is 0 Å². The monoisotopic (exact) mass is 322 g/mol. The van der Waals surface area contributed by atoms with Crippen molar-refractivity contribution >= 4 is 37.7 Å². The van der Waals surface area contributed by atoms with Crippen molar-refractivity contribution in [1.82, 2.24) is 0 Å². The van der Waals surface area contributed by atoms with E-state index in [1.165, 1.54) is 89.9 Å². The predicted octanol–water partition coefficient (Wildman–Crippen LogP) is 7.54. The second-order valence-corrected chi connectivity index (χ2v) is 5.95. The first-order chi connectivity index (χ1) is 9.83. The van der Waals surface area contributed by atoms with Gasteiger partial charge in [-0.3, -0.25) is 0 Å². The molecule has 0 aliphatic rings. The van der Waals surface area contributed by atoms with Gasteiger partial charge in [-0.15, -0.1) is 0 Å². The van der Waals surface area contributed by atoms with Crippen LogP contribution in [0.1, 0.15) is 117 Å². The summed E-state index contributed by atoms with van der Waals surface area (Å²) in [6, 6.07) is 0. The van der Waals surface area contributed by atoms with Gasteiger partial charge in [0.25, 0.3) is 0 Å². The molecule has 0 spiro atoms. The maximum atomic E-state index is 3.82. The van der Waals surface area contributed by atoms with E-state index in [4.69, 9.17) is 0 Å². The van der Waals surface area contributed by atoms with E-state index in [1.54, 1.807) is 0 Å². The Hall–Kier alpha value is 1.26. The first-order valence-corrected chi connectivity index (χ1v) is 9.41. The SMILES string of the molecule is [CH2-]CCCCCCCCC.[CH2-]CCCCCCCCC.[Ca+2]. The van der Waals surface area contributed by atoms with Crippen LogP contribution in [0.5, 0.6) is 0 Å². The number of hydrogen-bond donors (Lipinski definition) is 0. The smallest absolute Gasteiger partial charge is 0.343 e. The summed E-state index contributed by atoms with van der Waals surface area (Å²) in [6.45, 7) is 12.2. The van der Waals surface area contributed by atoms with Crippen LogP contribution in [-0.4, -0.2) is 37.7 Å². The average molecular weight is 323 g/mol. The standard InChI is InChI=1S/2C10H21.Ca/c2*1-3-5-7-9-10-8-6-4-2;/h2*1,3-10H2,2H3;/q2*-1;+2. The zero-order valence-electron chi connectivity index (χ0n) is 15.4. The summed E-state index contributed by atoms with van der Waals surface area (Å²) in [5.74, 6) is 0. The Morgan fingerprint density at radius 2 is 0.667 bits per heavy atom. The van der Waals surface area contributed by atoms with Crippen molar-refractivity contribution < 1.29 is 0 Å². The van der Waals surface area contributed by atoms with Crippen LogP contribution in [0, 0.1) is 13.8 Å². The first-order valence-electron chi connectivity index (χ1n) is 9.41. The van der Waals surface area contributed by atoms with Gasteiger partial charge in [0.15, 0.2) is 0 Å². The second kappa shape index (κ2) is 29.3. The van der Waals surface area contributed by atoms with E-state index in [-0.39, 0.29) is 37.7 Å². The predicted molar refractivity (Wildman–Crippen MR) is 102 cm³/mol. The van der Waals surface area contributed by atoms with Gasteiger partial charge in [0.2, 0.25) is 0 Å². The minimum atomic E-state index is 0. The Morgan fingerprint density at radius 1 is 0.429 bits per heavy atom. The Balaban J connectivity index is -0.000000295. The molecule has 0 aromatic rings. The summed E-state index contributed by atoms with van der Waals surface area (Å²) in [7, 11) is 0. The summed E-state index contributed by atoms with van der Waals surface area (Å²) in [5, 5.41) is 0. The van der Waals surface area contributed by atoms with Crippen LogP contribution in [0.15, 0.2) is 0 Å². The molecule has 124 valence electrons. The second-order valence-electron chi connectivity index (χ2n) is 5.95. The molecular weight excluding hydrogens is 280 g/mol. The van der Waals surface area contributed by atoms with Crippen molar-refractivity contribution in [3.63, 3.8) is 0 Å². The molecule has 0 bridgehead atoms. The number of hydrogen-bond acceptors (Lipinski definition) is 0. The van der Waals surface area contributed by atoms with Crippen molar-refractivity contribution in [2.45, 2.75) is 117 Å². The first kappa shape index (κ1) is 27.1. The molecule has 0 N–H and O–H groups in total. The van der Waals surface area contributed by atoms with Crippen LogP contribution in [0.3, 0.4) is 0 Å². The van der Waals surface area contributed by atoms with Gasteiger partial charge in [-0.2, -0.15) is 12.8 Å². The van der Waals surface area contributed by atoms with E-state index in [0.29, 0.717) is 0 Å². The molecule has 0 saturated carbocycles. The molecule has 0 nitrogen and oxygen atoms in total. The zero-order valence-corrected chi connectivity index (χ0v) is 17.6. The maximum absolute atomic E-state index is 3.82. The molecular formula is C20H42Ca. The average Bonchev–Trinajstić information content (AvgIpc) is 2.47. The topological polar surface area (TPSA) is 0 Å². The Morgan fingerprint density at radius 3 is 0.905 bits per heavy atom. The fraction of sp³-hybridized carbons (Fsp3) is 0.900.